The normalized spacial score (nSPS) is 24.3. The number of rotatable bonds is 4. The van der Waals surface area contributed by atoms with Crippen molar-refractivity contribution in [3.05, 3.63) is 35.4 Å². The number of piperidine rings is 1. The minimum atomic E-state index is -3.33. The molecule has 1 atom stereocenters. The van der Waals surface area contributed by atoms with Gasteiger partial charge in [0.15, 0.2) is 0 Å². The molecule has 0 amide bonds. The molecule has 2 aliphatic heterocycles. The first-order valence-corrected chi connectivity index (χ1v) is 9.90. The lowest BCUT2D eigenvalue weighted by atomic mass is 9.77. The number of nitrogens with one attached hydrogen (secondary N) is 1. The molecule has 2 saturated heterocycles. The number of hydrogen-bond donors (Lipinski definition) is 2. The minimum absolute atomic E-state index is 0.0241. The monoisotopic (exact) mass is 352 g/mol. The van der Waals surface area contributed by atoms with Gasteiger partial charge in [0.05, 0.1) is 5.75 Å². The molecule has 0 unspecified atom stereocenters. The van der Waals surface area contributed by atoms with Crippen LogP contribution in [0.4, 0.5) is 0 Å². The van der Waals surface area contributed by atoms with Crippen molar-refractivity contribution in [1.82, 2.24) is 9.62 Å². The van der Waals surface area contributed by atoms with Crippen LogP contribution in [0.5, 0.6) is 0 Å². The van der Waals surface area contributed by atoms with E-state index in [2.05, 4.69) is 5.32 Å². The van der Waals surface area contributed by atoms with Gasteiger partial charge in [-0.15, -0.1) is 0 Å². The molecule has 0 aromatic heterocycles. The van der Waals surface area contributed by atoms with E-state index < -0.39 is 22.0 Å². The van der Waals surface area contributed by atoms with Gasteiger partial charge in [0.1, 0.15) is 6.04 Å². The van der Waals surface area contributed by atoms with Crippen molar-refractivity contribution in [3.63, 3.8) is 0 Å². The van der Waals surface area contributed by atoms with Crippen LogP contribution in [0.3, 0.4) is 0 Å². The standard InChI is InChI=1S/C17H24N2O4S/c1-13-2-4-14(5-3-13)11-24(22,23)19-8-6-17(7-9-19)10-15(16(20)21)18-12-17/h2-5,15,18H,6-12H2,1H3,(H,20,21)/t15-/m1/s1. The van der Waals surface area contributed by atoms with Gasteiger partial charge in [-0.2, -0.15) is 0 Å². The second-order valence-corrected chi connectivity index (χ2v) is 9.09. The van der Waals surface area contributed by atoms with E-state index in [-0.39, 0.29) is 11.2 Å². The Bertz CT molecular complexity index is 707. The van der Waals surface area contributed by atoms with E-state index in [0.29, 0.717) is 26.1 Å². The predicted octanol–water partition coefficient (Wildman–Crippen LogP) is 1.35. The van der Waals surface area contributed by atoms with E-state index in [1.165, 1.54) is 0 Å². The lowest BCUT2D eigenvalue weighted by molar-refractivity contribution is -0.139. The molecule has 0 aliphatic carbocycles. The number of carboxylic acid groups (broad SMARTS) is 1. The van der Waals surface area contributed by atoms with Crippen LogP contribution in [-0.2, 0) is 20.6 Å². The molecule has 132 valence electrons. The second-order valence-electron chi connectivity index (χ2n) is 7.12. The Morgan fingerprint density at radius 3 is 2.46 bits per heavy atom. The molecule has 6 nitrogen and oxygen atoms in total. The SMILES string of the molecule is Cc1ccc(CS(=O)(=O)N2CCC3(CC2)CN[C@@H](C(=O)O)C3)cc1. The average molecular weight is 352 g/mol. The van der Waals surface area contributed by atoms with Crippen LogP contribution in [-0.4, -0.2) is 49.5 Å². The van der Waals surface area contributed by atoms with E-state index in [1.807, 2.05) is 31.2 Å². The van der Waals surface area contributed by atoms with E-state index in [4.69, 9.17) is 5.11 Å². The Labute approximate surface area is 142 Å². The summed E-state index contributed by atoms with van der Waals surface area (Å²) in [4.78, 5) is 11.1. The Balaban J connectivity index is 1.61. The fourth-order valence-electron chi connectivity index (χ4n) is 3.70. The zero-order valence-electron chi connectivity index (χ0n) is 13.9. The van der Waals surface area contributed by atoms with Crippen molar-refractivity contribution in [1.29, 1.82) is 0 Å². The fourth-order valence-corrected chi connectivity index (χ4v) is 5.23. The third-order valence-corrected chi connectivity index (χ3v) is 7.15. The van der Waals surface area contributed by atoms with E-state index in [0.717, 1.165) is 24.0 Å². The van der Waals surface area contributed by atoms with Crippen LogP contribution in [0.1, 0.15) is 30.4 Å². The Kier molecular flexibility index (Phi) is 4.68. The van der Waals surface area contributed by atoms with Gasteiger partial charge in [-0.05, 0) is 37.2 Å². The third-order valence-electron chi connectivity index (χ3n) is 5.30. The molecule has 0 bridgehead atoms. The average Bonchev–Trinajstić information content (AvgIpc) is 2.94. The molecule has 1 aromatic carbocycles. The largest absolute Gasteiger partial charge is 0.480 e. The van der Waals surface area contributed by atoms with Crippen molar-refractivity contribution in [3.8, 4) is 0 Å². The summed E-state index contributed by atoms with van der Waals surface area (Å²) < 4.78 is 26.8. The summed E-state index contributed by atoms with van der Waals surface area (Å²) in [5.74, 6) is -0.794. The highest BCUT2D eigenvalue weighted by Gasteiger charge is 2.45. The number of aliphatic carboxylic acids is 1. The van der Waals surface area contributed by atoms with Crippen molar-refractivity contribution in [2.24, 2.45) is 5.41 Å². The predicted molar refractivity (Wildman–Crippen MR) is 91.1 cm³/mol. The summed E-state index contributed by atoms with van der Waals surface area (Å²) in [5.41, 5.74) is 1.84. The van der Waals surface area contributed by atoms with Gasteiger partial charge in [0, 0.05) is 19.6 Å². The van der Waals surface area contributed by atoms with Crippen LogP contribution < -0.4 is 5.32 Å². The summed E-state index contributed by atoms with van der Waals surface area (Å²) in [7, 11) is -3.33. The van der Waals surface area contributed by atoms with Crippen LogP contribution in [0.2, 0.25) is 0 Å². The highest BCUT2D eigenvalue weighted by Crippen LogP contribution is 2.40. The van der Waals surface area contributed by atoms with Gasteiger partial charge in [-0.25, -0.2) is 12.7 Å². The Hall–Kier alpha value is -1.44. The maximum absolute atomic E-state index is 12.6. The van der Waals surface area contributed by atoms with Gasteiger partial charge in [-0.3, -0.25) is 4.79 Å². The molecule has 1 aromatic rings. The van der Waals surface area contributed by atoms with Crippen molar-refractivity contribution in [2.45, 2.75) is 38.0 Å². The molecule has 2 fully saturated rings. The van der Waals surface area contributed by atoms with Crippen LogP contribution in [0.25, 0.3) is 0 Å². The number of carboxylic acids is 1. The van der Waals surface area contributed by atoms with Gasteiger partial charge in [0.25, 0.3) is 0 Å². The van der Waals surface area contributed by atoms with E-state index in [9.17, 15) is 13.2 Å². The smallest absolute Gasteiger partial charge is 0.320 e. The van der Waals surface area contributed by atoms with Crippen molar-refractivity contribution in [2.75, 3.05) is 19.6 Å². The Morgan fingerprint density at radius 2 is 1.92 bits per heavy atom. The number of sulfonamides is 1. The maximum Gasteiger partial charge on any atom is 0.320 e. The van der Waals surface area contributed by atoms with Gasteiger partial charge in [-0.1, -0.05) is 29.8 Å². The van der Waals surface area contributed by atoms with E-state index >= 15 is 0 Å². The number of benzene rings is 1. The topological polar surface area (TPSA) is 86.7 Å². The van der Waals surface area contributed by atoms with Gasteiger partial charge < -0.3 is 10.4 Å². The zero-order chi connectivity index (χ0) is 17.4. The minimum Gasteiger partial charge on any atom is -0.480 e. The van der Waals surface area contributed by atoms with E-state index in [1.54, 1.807) is 4.31 Å². The first kappa shape index (κ1) is 17.4. The molecule has 0 radical (unpaired) electrons. The van der Waals surface area contributed by atoms with Crippen LogP contribution in [0, 0.1) is 12.3 Å². The quantitative estimate of drug-likeness (QED) is 0.854. The number of carbonyl (C=O) groups is 1. The lowest BCUT2D eigenvalue weighted by Crippen LogP contribution is -2.44. The third kappa shape index (κ3) is 3.63. The molecule has 2 N–H and O–H groups in total. The molecule has 1 spiro atoms. The summed E-state index contributed by atoms with van der Waals surface area (Å²) in [6.07, 6.45) is 2.03. The first-order chi connectivity index (χ1) is 11.3. The summed E-state index contributed by atoms with van der Waals surface area (Å²) >= 11 is 0. The number of aryl methyl sites for hydroxylation is 1. The summed E-state index contributed by atoms with van der Waals surface area (Å²) in [5, 5.41) is 12.2. The summed E-state index contributed by atoms with van der Waals surface area (Å²) in [6, 6.07) is 7.06. The number of nitrogens with zero attached hydrogens (tertiary/aromatic N) is 1. The van der Waals surface area contributed by atoms with Crippen molar-refractivity contribution < 1.29 is 18.3 Å². The zero-order valence-corrected chi connectivity index (χ0v) is 14.7. The van der Waals surface area contributed by atoms with Gasteiger partial charge in [0.2, 0.25) is 10.0 Å². The van der Waals surface area contributed by atoms with Gasteiger partial charge >= 0.3 is 5.97 Å². The lowest BCUT2D eigenvalue weighted by Gasteiger charge is -2.38. The fraction of sp³-hybridized carbons (Fsp3) is 0.588. The highest BCUT2D eigenvalue weighted by atomic mass is 32.2. The molecular weight excluding hydrogens is 328 g/mol. The highest BCUT2D eigenvalue weighted by molar-refractivity contribution is 7.88. The van der Waals surface area contributed by atoms with Crippen LogP contribution >= 0.6 is 0 Å². The first-order valence-electron chi connectivity index (χ1n) is 8.29. The molecular formula is C17H24N2O4S. The molecule has 3 rings (SSSR count). The van der Waals surface area contributed by atoms with Crippen LogP contribution in [0.15, 0.2) is 24.3 Å². The van der Waals surface area contributed by atoms with Crippen molar-refractivity contribution >= 4 is 16.0 Å². The molecule has 0 saturated carbocycles. The molecule has 2 aliphatic rings. The number of hydrogen-bond acceptors (Lipinski definition) is 4. The molecule has 7 heteroatoms. The second kappa shape index (κ2) is 6.46. The Morgan fingerprint density at radius 1 is 1.29 bits per heavy atom. The maximum atomic E-state index is 12.6. The summed E-state index contributed by atoms with van der Waals surface area (Å²) in [6.45, 7) is 3.59. The molecule has 2 heterocycles. The molecule has 24 heavy (non-hydrogen) atoms.